The maximum atomic E-state index is 12.2. The summed E-state index contributed by atoms with van der Waals surface area (Å²) in [6.45, 7) is 3.11. The molecule has 2 fully saturated rings. The number of benzene rings is 1. The molecule has 1 N–H and O–H groups in total. The average molecular weight is 396 g/mol. The smallest absolute Gasteiger partial charge is 0.224 e. The molecule has 3 heterocycles. The zero-order chi connectivity index (χ0) is 18.1. The lowest BCUT2D eigenvalue weighted by Gasteiger charge is -2.25. The van der Waals surface area contributed by atoms with Gasteiger partial charge in [-0.05, 0) is 30.5 Å². The number of carbonyl (C=O) groups excluding carboxylic acids is 1. The van der Waals surface area contributed by atoms with Gasteiger partial charge in [0.15, 0.2) is 15.0 Å². The highest BCUT2D eigenvalue weighted by Gasteiger charge is 2.29. The van der Waals surface area contributed by atoms with Crippen molar-refractivity contribution in [3.63, 3.8) is 0 Å². The lowest BCUT2D eigenvalue weighted by molar-refractivity contribution is -0.116. The molecule has 2 saturated heterocycles. The van der Waals surface area contributed by atoms with Crippen LogP contribution in [0.15, 0.2) is 18.2 Å². The van der Waals surface area contributed by atoms with E-state index in [1.165, 1.54) is 0 Å². The standard InChI is InChI=1S/C17H21N3O4S2/c21-16(9-12-3-8-26(22,23)11-12)18-13-1-2-14-15(10-13)25-17(19-14)20-4-6-24-7-5-20/h1-2,10,12H,3-9,11H2,(H,18,21)/t12-/m0/s1. The van der Waals surface area contributed by atoms with E-state index < -0.39 is 9.84 Å². The number of hydrogen-bond donors (Lipinski definition) is 1. The maximum Gasteiger partial charge on any atom is 0.224 e. The lowest BCUT2D eigenvalue weighted by atomic mass is 10.1. The Morgan fingerprint density at radius 2 is 2.15 bits per heavy atom. The van der Waals surface area contributed by atoms with Crippen LogP contribution in [0.2, 0.25) is 0 Å². The van der Waals surface area contributed by atoms with Crippen LogP contribution < -0.4 is 10.2 Å². The molecule has 26 heavy (non-hydrogen) atoms. The Morgan fingerprint density at radius 3 is 2.88 bits per heavy atom. The number of nitrogens with zero attached hydrogens (tertiary/aromatic N) is 2. The van der Waals surface area contributed by atoms with Gasteiger partial charge in [0.05, 0.1) is 34.9 Å². The van der Waals surface area contributed by atoms with E-state index in [9.17, 15) is 13.2 Å². The van der Waals surface area contributed by atoms with Gasteiger partial charge in [0, 0.05) is 25.2 Å². The predicted octanol–water partition coefficient (Wildman–Crippen LogP) is 1.90. The molecule has 2 aliphatic heterocycles. The van der Waals surface area contributed by atoms with Gasteiger partial charge in [0.1, 0.15) is 0 Å². The van der Waals surface area contributed by atoms with E-state index in [-0.39, 0.29) is 29.8 Å². The zero-order valence-corrected chi connectivity index (χ0v) is 15.9. The fourth-order valence-corrected chi connectivity index (χ4v) is 6.31. The number of aromatic nitrogens is 1. The van der Waals surface area contributed by atoms with Crippen molar-refractivity contribution in [1.82, 2.24) is 4.98 Å². The summed E-state index contributed by atoms with van der Waals surface area (Å²) in [5.41, 5.74) is 1.64. The molecule has 0 saturated carbocycles. The minimum Gasteiger partial charge on any atom is -0.378 e. The Balaban J connectivity index is 1.42. The highest BCUT2D eigenvalue weighted by Crippen LogP contribution is 2.31. The SMILES string of the molecule is O=C(C[C@@H]1CCS(=O)(=O)C1)Nc1ccc2nc(N3CCOCC3)sc2c1. The summed E-state index contributed by atoms with van der Waals surface area (Å²) >= 11 is 1.61. The number of amides is 1. The Morgan fingerprint density at radius 1 is 1.35 bits per heavy atom. The summed E-state index contributed by atoms with van der Waals surface area (Å²) in [6.07, 6.45) is 0.825. The van der Waals surface area contributed by atoms with Crippen LogP contribution in [0.5, 0.6) is 0 Å². The number of morpholine rings is 1. The van der Waals surface area contributed by atoms with Crippen LogP contribution in [-0.4, -0.2) is 57.1 Å². The van der Waals surface area contributed by atoms with Gasteiger partial charge in [-0.2, -0.15) is 0 Å². The highest BCUT2D eigenvalue weighted by atomic mass is 32.2. The fourth-order valence-electron chi connectivity index (χ4n) is 3.39. The second-order valence-electron chi connectivity index (χ2n) is 6.80. The summed E-state index contributed by atoms with van der Waals surface area (Å²) in [5, 5.41) is 3.86. The van der Waals surface area contributed by atoms with Gasteiger partial charge in [-0.25, -0.2) is 13.4 Å². The quantitative estimate of drug-likeness (QED) is 0.851. The summed E-state index contributed by atoms with van der Waals surface area (Å²) in [7, 11) is -2.95. The van der Waals surface area contributed by atoms with Gasteiger partial charge in [0.25, 0.3) is 0 Å². The number of ether oxygens (including phenoxy) is 1. The van der Waals surface area contributed by atoms with Crippen LogP contribution in [0.1, 0.15) is 12.8 Å². The third-order valence-electron chi connectivity index (χ3n) is 4.74. The van der Waals surface area contributed by atoms with Gasteiger partial charge < -0.3 is 15.0 Å². The van der Waals surface area contributed by atoms with Gasteiger partial charge in [-0.3, -0.25) is 4.79 Å². The molecule has 0 bridgehead atoms. The first-order chi connectivity index (χ1) is 12.5. The Hall–Kier alpha value is -1.71. The van der Waals surface area contributed by atoms with Crippen LogP contribution in [0, 0.1) is 5.92 Å². The van der Waals surface area contributed by atoms with E-state index in [2.05, 4.69) is 15.2 Å². The first-order valence-electron chi connectivity index (χ1n) is 8.72. The van der Waals surface area contributed by atoms with E-state index in [4.69, 9.17) is 4.74 Å². The van der Waals surface area contributed by atoms with Crippen LogP contribution in [0.4, 0.5) is 10.8 Å². The lowest BCUT2D eigenvalue weighted by Crippen LogP contribution is -2.36. The summed E-state index contributed by atoms with van der Waals surface area (Å²) in [5.74, 6) is 0.115. The normalized spacial score (nSPS) is 22.6. The third-order valence-corrected chi connectivity index (χ3v) is 7.66. The molecule has 0 spiro atoms. The fraction of sp³-hybridized carbons (Fsp3) is 0.529. The number of hydrogen-bond acceptors (Lipinski definition) is 7. The van der Waals surface area contributed by atoms with E-state index in [1.807, 2.05) is 18.2 Å². The molecular formula is C17H21N3O4S2. The molecule has 0 radical (unpaired) electrons. The third kappa shape index (κ3) is 3.99. The molecule has 1 amide bonds. The topological polar surface area (TPSA) is 88.6 Å². The summed E-state index contributed by atoms with van der Waals surface area (Å²) in [6, 6.07) is 5.68. The van der Waals surface area contributed by atoms with E-state index in [0.717, 1.165) is 34.1 Å². The van der Waals surface area contributed by atoms with Crippen molar-refractivity contribution in [2.24, 2.45) is 5.92 Å². The maximum absolute atomic E-state index is 12.2. The molecule has 0 aliphatic carbocycles. The van der Waals surface area contributed by atoms with Gasteiger partial charge in [0.2, 0.25) is 5.91 Å². The van der Waals surface area contributed by atoms with Crippen molar-refractivity contribution in [3.05, 3.63) is 18.2 Å². The van der Waals surface area contributed by atoms with Crippen molar-refractivity contribution >= 4 is 48.1 Å². The average Bonchev–Trinajstić information content (AvgIpc) is 3.18. The van der Waals surface area contributed by atoms with E-state index >= 15 is 0 Å². The molecule has 4 rings (SSSR count). The molecule has 140 valence electrons. The largest absolute Gasteiger partial charge is 0.378 e. The van der Waals surface area contributed by atoms with Crippen molar-refractivity contribution in [3.8, 4) is 0 Å². The number of fused-ring (bicyclic) bond motifs is 1. The number of nitrogens with one attached hydrogen (secondary N) is 1. The monoisotopic (exact) mass is 395 g/mol. The Bertz CT molecular complexity index is 919. The van der Waals surface area contributed by atoms with Crippen LogP contribution in [0.25, 0.3) is 10.2 Å². The molecule has 2 aromatic rings. The molecule has 1 atom stereocenters. The first-order valence-corrected chi connectivity index (χ1v) is 11.4. The van der Waals surface area contributed by atoms with Crippen molar-refractivity contribution in [1.29, 1.82) is 0 Å². The van der Waals surface area contributed by atoms with Crippen molar-refractivity contribution in [2.75, 3.05) is 48.0 Å². The Kier molecular flexibility index (Phi) is 4.85. The second-order valence-corrected chi connectivity index (χ2v) is 10.0. The van der Waals surface area contributed by atoms with Crippen molar-refractivity contribution in [2.45, 2.75) is 12.8 Å². The second kappa shape index (κ2) is 7.13. The Labute approximate surface area is 156 Å². The van der Waals surface area contributed by atoms with Gasteiger partial charge >= 0.3 is 0 Å². The minimum absolute atomic E-state index is 0.0694. The van der Waals surface area contributed by atoms with Crippen LogP contribution >= 0.6 is 11.3 Å². The number of thiazole rings is 1. The number of rotatable bonds is 4. The predicted molar refractivity (Wildman–Crippen MR) is 103 cm³/mol. The van der Waals surface area contributed by atoms with Gasteiger partial charge in [-0.1, -0.05) is 11.3 Å². The van der Waals surface area contributed by atoms with E-state index in [1.54, 1.807) is 11.3 Å². The molecule has 7 nitrogen and oxygen atoms in total. The van der Waals surface area contributed by atoms with E-state index in [0.29, 0.717) is 19.6 Å². The zero-order valence-electron chi connectivity index (χ0n) is 14.3. The highest BCUT2D eigenvalue weighted by molar-refractivity contribution is 7.91. The number of carbonyl (C=O) groups is 1. The molecule has 1 aromatic heterocycles. The molecule has 0 unspecified atom stereocenters. The molecular weight excluding hydrogens is 374 g/mol. The van der Waals surface area contributed by atoms with Gasteiger partial charge in [-0.15, -0.1) is 0 Å². The molecule has 1 aromatic carbocycles. The number of sulfone groups is 1. The summed E-state index contributed by atoms with van der Waals surface area (Å²) < 4.78 is 29.4. The first kappa shape index (κ1) is 17.7. The molecule has 9 heteroatoms. The summed E-state index contributed by atoms with van der Waals surface area (Å²) in [4.78, 5) is 19.1. The van der Waals surface area contributed by atoms with Crippen LogP contribution in [-0.2, 0) is 19.4 Å². The molecule has 2 aliphatic rings. The minimum atomic E-state index is -2.95. The number of anilines is 2. The van der Waals surface area contributed by atoms with Crippen molar-refractivity contribution < 1.29 is 17.9 Å². The van der Waals surface area contributed by atoms with Crippen LogP contribution in [0.3, 0.4) is 0 Å².